The second-order valence-electron chi connectivity index (χ2n) is 3.63. The zero-order chi connectivity index (χ0) is 13.2. The number of pyridine rings is 1. The number of para-hydroxylation sites is 1. The van der Waals surface area contributed by atoms with E-state index in [1.165, 1.54) is 29.2 Å². The summed E-state index contributed by atoms with van der Waals surface area (Å²) in [7, 11) is 0. The van der Waals surface area contributed by atoms with Crippen molar-refractivity contribution < 1.29 is 4.92 Å². The van der Waals surface area contributed by atoms with Crippen molar-refractivity contribution in [2.24, 2.45) is 0 Å². The maximum Gasteiger partial charge on any atom is 0.301 e. The molecule has 0 fully saturated rings. The van der Waals surface area contributed by atoms with Crippen LogP contribution in [0.4, 0.5) is 5.69 Å². The van der Waals surface area contributed by atoms with Crippen LogP contribution in [0.5, 0.6) is 0 Å². The monoisotopic (exact) mass is 289 g/mol. The molecule has 0 bridgehead atoms. The van der Waals surface area contributed by atoms with Crippen molar-refractivity contribution in [2.45, 2.75) is 9.37 Å². The van der Waals surface area contributed by atoms with Gasteiger partial charge in [0.1, 0.15) is 0 Å². The van der Waals surface area contributed by atoms with E-state index in [-0.39, 0.29) is 5.69 Å². The van der Waals surface area contributed by atoms with Gasteiger partial charge in [0, 0.05) is 12.3 Å². The molecule has 0 aliphatic carbocycles. The summed E-state index contributed by atoms with van der Waals surface area (Å²) in [5.41, 5.74) is 0.903. The molecule has 2 aromatic heterocycles. The van der Waals surface area contributed by atoms with Gasteiger partial charge < -0.3 is 0 Å². The van der Waals surface area contributed by atoms with Crippen LogP contribution >= 0.6 is 23.1 Å². The van der Waals surface area contributed by atoms with Gasteiger partial charge in [-0.2, -0.15) is 0 Å². The molecule has 5 nitrogen and oxygen atoms in total. The SMILES string of the molecule is O=[N+]([O-])c1cccnc1Sc1nc2ccccc2s1. The van der Waals surface area contributed by atoms with Crippen LogP contribution < -0.4 is 0 Å². The van der Waals surface area contributed by atoms with Crippen LogP contribution in [-0.2, 0) is 0 Å². The van der Waals surface area contributed by atoms with Crippen molar-refractivity contribution in [2.75, 3.05) is 0 Å². The summed E-state index contributed by atoms with van der Waals surface area (Å²) in [6.45, 7) is 0. The van der Waals surface area contributed by atoms with Crippen molar-refractivity contribution >= 4 is 39.0 Å². The van der Waals surface area contributed by atoms with Gasteiger partial charge in [-0.25, -0.2) is 9.97 Å². The molecule has 0 N–H and O–H groups in total. The third kappa shape index (κ3) is 2.42. The molecule has 0 amide bonds. The molecule has 3 rings (SSSR count). The van der Waals surface area contributed by atoms with E-state index in [4.69, 9.17) is 0 Å². The van der Waals surface area contributed by atoms with Crippen molar-refractivity contribution in [1.82, 2.24) is 9.97 Å². The highest BCUT2D eigenvalue weighted by atomic mass is 32.2. The number of fused-ring (bicyclic) bond motifs is 1. The molecule has 0 saturated heterocycles. The van der Waals surface area contributed by atoms with E-state index in [1.807, 2.05) is 24.3 Å². The first-order valence-electron chi connectivity index (χ1n) is 5.37. The van der Waals surface area contributed by atoms with E-state index in [0.717, 1.165) is 14.6 Å². The number of benzene rings is 1. The van der Waals surface area contributed by atoms with Crippen molar-refractivity contribution in [3.8, 4) is 0 Å². The number of aromatic nitrogens is 2. The van der Waals surface area contributed by atoms with E-state index in [2.05, 4.69) is 9.97 Å². The van der Waals surface area contributed by atoms with E-state index < -0.39 is 4.92 Å². The molecule has 0 aliphatic rings. The predicted octanol–water partition coefficient (Wildman–Crippen LogP) is 3.75. The topological polar surface area (TPSA) is 68.9 Å². The Bertz CT molecular complexity index is 724. The molecule has 7 heteroatoms. The number of hydrogen-bond acceptors (Lipinski definition) is 6. The van der Waals surface area contributed by atoms with Crippen LogP contribution in [0.3, 0.4) is 0 Å². The Kier molecular flexibility index (Phi) is 3.14. The Morgan fingerprint density at radius 3 is 2.84 bits per heavy atom. The summed E-state index contributed by atoms with van der Waals surface area (Å²) in [4.78, 5) is 19.0. The Labute approximate surface area is 116 Å². The average Bonchev–Trinajstić information content (AvgIpc) is 2.81. The lowest BCUT2D eigenvalue weighted by Crippen LogP contribution is -1.92. The van der Waals surface area contributed by atoms with Gasteiger partial charge in [-0.1, -0.05) is 12.1 Å². The summed E-state index contributed by atoms with van der Waals surface area (Å²) in [5.74, 6) is 0. The van der Waals surface area contributed by atoms with Crippen LogP contribution in [0.2, 0.25) is 0 Å². The average molecular weight is 289 g/mol. The first kappa shape index (κ1) is 12.1. The number of rotatable bonds is 3. The van der Waals surface area contributed by atoms with Crippen LogP contribution in [0.25, 0.3) is 10.2 Å². The summed E-state index contributed by atoms with van der Waals surface area (Å²) in [6.07, 6.45) is 1.54. The third-order valence-corrected chi connectivity index (χ3v) is 4.51. The molecule has 2 heterocycles. The lowest BCUT2D eigenvalue weighted by atomic mass is 10.3. The first-order chi connectivity index (χ1) is 9.24. The largest absolute Gasteiger partial charge is 0.301 e. The Hall–Kier alpha value is -1.99. The summed E-state index contributed by atoms with van der Waals surface area (Å²) in [5, 5.41) is 11.3. The highest BCUT2D eigenvalue weighted by Gasteiger charge is 2.17. The number of thiazole rings is 1. The van der Waals surface area contributed by atoms with Crippen molar-refractivity contribution in [1.29, 1.82) is 0 Å². The van der Waals surface area contributed by atoms with Crippen LogP contribution in [0.1, 0.15) is 0 Å². The zero-order valence-electron chi connectivity index (χ0n) is 9.52. The Balaban J connectivity index is 1.99. The molecular weight excluding hydrogens is 282 g/mol. The van der Waals surface area contributed by atoms with Gasteiger partial charge in [0.05, 0.1) is 15.1 Å². The van der Waals surface area contributed by atoms with Crippen molar-refractivity contribution in [3.63, 3.8) is 0 Å². The van der Waals surface area contributed by atoms with Crippen LogP contribution in [0.15, 0.2) is 52.0 Å². The minimum Gasteiger partial charge on any atom is -0.258 e. The van der Waals surface area contributed by atoms with E-state index in [0.29, 0.717) is 5.03 Å². The number of nitro groups is 1. The minimum atomic E-state index is -0.428. The molecule has 0 radical (unpaired) electrons. The molecule has 0 saturated carbocycles. The van der Waals surface area contributed by atoms with Crippen LogP contribution in [-0.4, -0.2) is 14.9 Å². The molecule has 1 aromatic carbocycles. The molecule has 0 spiro atoms. The van der Waals surface area contributed by atoms with Gasteiger partial charge in [0.25, 0.3) is 0 Å². The van der Waals surface area contributed by atoms with Gasteiger partial charge >= 0.3 is 5.69 Å². The fourth-order valence-electron chi connectivity index (χ4n) is 1.58. The van der Waals surface area contributed by atoms with Gasteiger partial charge in [-0.05, 0) is 30.0 Å². The predicted molar refractivity (Wildman–Crippen MR) is 74.6 cm³/mol. The van der Waals surface area contributed by atoms with Crippen LogP contribution in [0, 0.1) is 10.1 Å². The molecular formula is C12H7N3O2S2. The maximum atomic E-state index is 10.9. The third-order valence-electron chi connectivity index (χ3n) is 2.41. The second-order valence-corrected chi connectivity index (χ2v) is 5.90. The molecule has 0 unspecified atom stereocenters. The second kappa shape index (κ2) is 4.94. The first-order valence-corrected chi connectivity index (χ1v) is 7.00. The van der Waals surface area contributed by atoms with E-state index >= 15 is 0 Å². The van der Waals surface area contributed by atoms with Gasteiger partial charge in [0.15, 0.2) is 9.37 Å². The highest BCUT2D eigenvalue weighted by Crippen LogP contribution is 2.36. The molecule has 19 heavy (non-hydrogen) atoms. The van der Waals surface area contributed by atoms with Crippen molar-refractivity contribution in [3.05, 3.63) is 52.7 Å². The highest BCUT2D eigenvalue weighted by molar-refractivity contribution is 8.01. The zero-order valence-corrected chi connectivity index (χ0v) is 11.1. The normalized spacial score (nSPS) is 10.7. The fourth-order valence-corrected chi connectivity index (χ4v) is 3.62. The van der Waals surface area contributed by atoms with Gasteiger partial charge in [-0.3, -0.25) is 10.1 Å². The van der Waals surface area contributed by atoms with Gasteiger partial charge in [-0.15, -0.1) is 11.3 Å². The summed E-state index contributed by atoms with van der Waals surface area (Å²) >= 11 is 2.72. The smallest absolute Gasteiger partial charge is 0.258 e. The Morgan fingerprint density at radius 1 is 1.21 bits per heavy atom. The molecule has 94 valence electrons. The standard InChI is InChI=1S/C12H7N3O2S2/c16-15(17)9-5-3-7-13-11(9)19-12-14-8-4-1-2-6-10(8)18-12/h1-7H. The van der Waals surface area contributed by atoms with E-state index in [1.54, 1.807) is 12.3 Å². The summed E-state index contributed by atoms with van der Waals surface area (Å²) in [6, 6.07) is 10.8. The Morgan fingerprint density at radius 2 is 2.05 bits per heavy atom. The minimum absolute atomic E-state index is 0.00626. The fraction of sp³-hybridized carbons (Fsp3) is 0. The molecule has 3 aromatic rings. The summed E-state index contributed by atoms with van der Waals surface area (Å²) < 4.78 is 1.81. The molecule has 0 atom stereocenters. The molecule has 0 aliphatic heterocycles. The lowest BCUT2D eigenvalue weighted by Gasteiger charge is -1.97. The van der Waals surface area contributed by atoms with E-state index in [9.17, 15) is 10.1 Å². The quantitative estimate of drug-likeness (QED) is 0.542. The lowest BCUT2D eigenvalue weighted by molar-refractivity contribution is -0.388. The van der Waals surface area contributed by atoms with Gasteiger partial charge in [0.2, 0.25) is 0 Å². The number of nitrogens with zero attached hydrogens (tertiary/aromatic N) is 3. The maximum absolute atomic E-state index is 10.9. The number of hydrogen-bond donors (Lipinski definition) is 0.